The number of anilines is 1. The lowest BCUT2D eigenvalue weighted by Gasteiger charge is -2.34. The molecule has 1 aromatic carbocycles. The van der Waals surface area contributed by atoms with E-state index >= 15 is 0 Å². The molecule has 0 aromatic heterocycles. The van der Waals surface area contributed by atoms with Crippen molar-refractivity contribution in [2.45, 2.75) is 44.6 Å². The van der Waals surface area contributed by atoms with E-state index in [9.17, 15) is 0 Å². The lowest BCUT2D eigenvalue weighted by atomic mass is 9.97. The molecule has 0 bridgehead atoms. The molecule has 0 atom stereocenters. The van der Waals surface area contributed by atoms with Gasteiger partial charge in [-0.25, -0.2) is 0 Å². The summed E-state index contributed by atoms with van der Waals surface area (Å²) in [6.45, 7) is 5.48. The maximum absolute atomic E-state index is 6.28. The van der Waals surface area contributed by atoms with Gasteiger partial charge in [-0.2, -0.15) is 0 Å². The van der Waals surface area contributed by atoms with E-state index in [-0.39, 0.29) is 0 Å². The highest BCUT2D eigenvalue weighted by molar-refractivity contribution is 6.31. The third-order valence-corrected chi connectivity index (χ3v) is 5.09. The molecule has 1 aliphatic carbocycles. The van der Waals surface area contributed by atoms with Crippen LogP contribution in [-0.4, -0.2) is 25.2 Å². The van der Waals surface area contributed by atoms with Crippen LogP contribution in [0.3, 0.4) is 0 Å². The first-order chi connectivity index (χ1) is 9.19. The minimum atomic E-state index is 0.355. The second-order valence-electron chi connectivity index (χ2n) is 6.12. The fraction of sp³-hybridized carbons (Fsp3) is 0.625. The van der Waals surface area contributed by atoms with Gasteiger partial charge in [-0.1, -0.05) is 30.5 Å². The highest BCUT2D eigenvalue weighted by Gasteiger charge is 2.36. The number of aryl methyl sites for hydroxylation is 1. The molecule has 19 heavy (non-hydrogen) atoms. The van der Waals surface area contributed by atoms with Gasteiger partial charge in [0.1, 0.15) is 0 Å². The SMILES string of the molecule is Cc1ccc(N2CCCNC3(CCCC3)C2)cc1Cl. The Morgan fingerprint density at radius 2 is 2.00 bits per heavy atom. The van der Waals surface area contributed by atoms with Crippen LogP contribution in [0.4, 0.5) is 5.69 Å². The van der Waals surface area contributed by atoms with E-state index in [1.165, 1.54) is 37.8 Å². The minimum Gasteiger partial charge on any atom is -0.370 e. The van der Waals surface area contributed by atoms with Crippen LogP contribution >= 0.6 is 11.6 Å². The number of halogens is 1. The van der Waals surface area contributed by atoms with Crippen molar-refractivity contribution >= 4 is 17.3 Å². The maximum Gasteiger partial charge on any atom is 0.0455 e. The summed E-state index contributed by atoms with van der Waals surface area (Å²) in [7, 11) is 0. The predicted molar refractivity (Wildman–Crippen MR) is 82.2 cm³/mol. The van der Waals surface area contributed by atoms with Gasteiger partial charge in [0.05, 0.1) is 0 Å². The zero-order valence-corrected chi connectivity index (χ0v) is 12.5. The van der Waals surface area contributed by atoms with Crippen molar-refractivity contribution < 1.29 is 0 Å². The average Bonchev–Trinajstić information content (AvgIpc) is 2.74. The van der Waals surface area contributed by atoms with Crippen LogP contribution in [0, 0.1) is 6.92 Å². The van der Waals surface area contributed by atoms with E-state index in [1.54, 1.807) is 0 Å². The summed E-state index contributed by atoms with van der Waals surface area (Å²) < 4.78 is 0. The topological polar surface area (TPSA) is 15.3 Å². The van der Waals surface area contributed by atoms with Gasteiger partial charge in [-0.05, 0) is 50.4 Å². The van der Waals surface area contributed by atoms with Gasteiger partial charge in [0.25, 0.3) is 0 Å². The molecule has 2 fully saturated rings. The Morgan fingerprint density at radius 1 is 1.21 bits per heavy atom. The highest BCUT2D eigenvalue weighted by Crippen LogP contribution is 2.34. The summed E-state index contributed by atoms with van der Waals surface area (Å²) in [5.74, 6) is 0. The predicted octanol–water partition coefficient (Wildman–Crippen LogP) is 3.76. The normalized spacial score (nSPS) is 22.7. The molecular weight excluding hydrogens is 256 g/mol. The summed E-state index contributed by atoms with van der Waals surface area (Å²) in [5.41, 5.74) is 2.80. The highest BCUT2D eigenvalue weighted by atomic mass is 35.5. The Labute approximate surface area is 121 Å². The smallest absolute Gasteiger partial charge is 0.0455 e. The summed E-state index contributed by atoms with van der Waals surface area (Å²) in [6.07, 6.45) is 6.60. The molecule has 1 saturated heterocycles. The van der Waals surface area contributed by atoms with Gasteiger partial charge >= 0.3 is 0 Å². The number of rotatable bonds is 1. The van der Waals surface area contributed by atoms with Gasteiger partial charge in [0.15, 0.2) is 0 Å². The summed E-state index contributed by atoms with van der Waals surface area (Å²) in [5, 5.41) is 4.69. The van der Waals surface area contributed by atoms with E-state index in [0.717, 1.165) is 30.2 Å². The number of nitrogens with one attached hydrogen (secondary N) is 1. The quantitative estimate of drug-likeness (QED) is 0.841. The Hall–Kier alpha value is -0.730. The standard InChI is InChI=1S/C16H23ClN2/c1-13-5-6-14(11-15(13)17)19-10-4-9-18-16(12-19)7-2-3-8-16/h5-6,11,18H,2-4,7-10,12H2,1H3. The van der Waals surface area contributed by atoms with E-state index in [1.807, 2.05) is 0 Å². The van der Waals surface area contributed by atoms with Crippen LogP contribution < -0.4 is 10.2 Å². The molecule has 0 amide bonds. The molecule has 1 N–H and O–H groups in total. The van der Waals surface area contributed by atoms with Crippen LogP contribution in [0.2, 0.25) is 5.02 Å². The number of benzene rings is 1. The van der Waals surface area contributed by atoms with Crippen molar-refractivity contribution in [1.82, 2.24) is 5.32 Å². The van der Waals surface area contributed by atoms with Crippen LogP contribution in [-0.2, 0) is 0 Å². The third kappa shape index (κ3) is 2.75. The van der Waals surface area contributed by atoms with Gasteiger partial charge in [-0.3, -0.25) is 0 Å². The van der Waals surface area contributed by atoms with Gasteiger partial charge in [0.2, 0.25) is 0 Å². The van der Waals surface area contributed by atoms with Crippen molar-refractivity contribution in [3.63, 3.8) is 0 Å². The number of nitrogens with zero attached hydrogens (tertiary/aromatic N) is 1. The van der Waals surface area contributed by atoms with E-state index in [4.69, 9.17) is 11.6 Å². The lowest BCUT2D eigenvalue weighted by molar-refractivity contribution is 0.354. The Bertz CT molecular complexity index is 452. The molecule has 1 aliphatic heterocycles. The van der Waals surface area contributed by atoms with E-state index < -0.39 is 0 Å². The molecule has 1 aromatic rings. The largest absolute Gasteiger partial charge is 0.370 e. The zero-order chi connectivity index (χ0) is 13.3. The molecule has 104 valence electrons. The molecule has 0 unspecified atom stereocenters. The van der Waals surface area contributed by atoms with Gasteiger partial charge in [-0.15, -0.1) is 0 Å². The maximum atomic E-state index is 6.28. The molecule has 3 heteroatoms. The van der Waals surface area contributed by atoms with Crippen LogP contribution in [0.5, 0.6) is 0 Å². The first-order valence-electron chi connectivity index (χ1n) is 7.45. The first-order valence-corrected chi connectivity index (χ1v) is 7.83. The lowest BCUT2D eigenvalue weighted by Crippen LogP contribution is -2.49. The fourth-order valence-electron chi connectivity index (χ4n) is 3.51. The Morgan fingerprint density at radius 3 is 2.74 bits per heavy atom. The molecular formula is C16H23ClN2. The molecule has 1 spiro atoms. The van der Waals surface area contributed by atoms with Crippen LogP contribution in [0.25, 0.3) is 0 Å². The molecule has 1 saturated carbocycles. The molecule has 2 aliphatic rings. The van der Waals surface area contributed by atoms with Gasteiger partial charge < -0.3 is 10.2 Å². The second-order valence-corrected chi connectivity index (χ2v) is 6.53. The fourth-order valence-corrected chi connectivity index (χ4v) is 3.68. The second kappa shape index (κ2) is 5.34. The van der Waals surface area contributed by atoms with Crippen molar-refractivity contribution in [3.8, 4) is 0 Å². The summed E-state index contributed by atoms with van der Waals surface area (Å²) in [6, 6.07) is 6.48. The van der Waals surface area contributed by atoms with E-state index in [0.29, 0.717) is 5.54 Å². The van der Waals surface area contributed by atoms with Crippen molar-refractivity contribution in [2.75, 3.05) is 24.5 Å². The number of hydrogen-bond acceptors (Lipinski definition) is 2. The average molecular weight is 279 g/mol. The Kier molecular flexibility index (Phi) is 3.72. The van der Waals surface area contributed by atoms with Crippen molar-refractivity contribution in [3.05, 3.63) is 28.8 Å². The van der Waals surface area contributed by atoms with Gasteiger partial charge in [0, 0.05) is 29.3 Å². The van der Waals surface area contributed by atoms with Crippen LogP contribution in [0.15, 0.2) is 18.2 Å². The third-order valence-electron chi connectivity index (χ3n) is 4.68. The summed E-state index contributed by atoms with van der Waals surface area (Å²) >= 11 is 6.28. The monoisotopic (exact) mass is 278 g/mol. The zero-order valence-electron chi connectivity index (χ0n) is 11.7. The van der Waals surface area contributed by atoms with Crippen molar-refractivity contribution in [1.29, 1.82) is 0 Å². The van der Waals surface area contributed by atoms with Crippen molar-refractivity contribution in [2.24, 2.45) is 0 Å². The Balaban J connectivity index is 1.84. The molecule has 2 nitrogen and oxygen atoms in total. The molecule has 1 heterocycles. The minimum absolute atomic E-state index is 0.355. The first kappa shape index (κ1) is 13.3. The molecule has 0 radical (unpaired) electrons. The van der Waals surface area contributed by atoms with E-state index in [2.05, 4.69) is 35.3 Å². The molecule has 3 rings (SSSR count). The summed E-state index contributed by atoms with van der Waals surface area (Å²) in [4.78, 5) is 2.52. The number of hydrogen-bond donors (Lipinski definition) is 1. The van der Waals surface area contributed by atoms with Crippen LogP contribution in [0.1, 0.15) is 37.7 Å².